The minimum atomic E-state index is -0.829. The normalized spacial score (nSPS) is 14.7. The van der Waals surface area contributed by atoms with Crippen LogP contribution in [-0.4, -0.2) is 30.4 Å². The lowest BCUT2D eigenvalue weighted by Crippen LogP contribution is -2.40. The van der Waals surface area contributed by atoms with Crippen LogP contribution in [-0.2, 0) is 16.1 Å². The molecule has 1 atom stereocenters. The van der Waals surface area contributed by atoms with Crippen molar-refractivity contribution in [2.45, 2.75) is 46.4 Å². The number of methoxy groups -OCH3 is 1. The molecule has 8 nitrogen and oxygen atoms in total. The van der Waals surface area contributed by atoms with Crippen LogP contribution in [0.15, 0.2) is 81.7 Å². The first-order valence-electron chi connectivity index (χ1n) is 14.3. The van der Waals surface area contributed by atoms with Crippen LogP contribution in [0.2, 0.25) is 5.02 Å². The van der Waals surface area contributed by atoms with E-state index in [2.05, 4.69) is 4.99 Å². The Morgan fingerprint density at radius 1 is 1.13 bits per heavy atom. The first-order valence-corrected chi connectivity index (χ1v) is 15.5. The van der Waals surface area contributed by atoms with Gasteiger partial charge in [-0.15, -0.1) is 0 Å². The highest BCUT2D eigenvalue weighted by molar-refractivity contribution is 7.07. The number of carbonyl (C=O) groups is 1. The van der Waals surface area contributed by atoms with Crippen molar-refractivity contribution < 1.29 is 28.1 Å². The molecule has 4 aromatic rings. The van der Waals surface area contributed by atoms with Crippen LogP contribution < -0.4 is 29.1 Å². The maximum atomic E-state index is 14.1. The monoisotopic (exact) mass is 650 g/mol. The Morgan fingerprint density at radius 3 is 2.58 bits per heavy atom. The summed E-state index contributed by atoms with van der Waals surface area (Å²) >= 11 is 7.78. The summed E-state index contributed by atoms with van der Waals surface area (Å²) in [5.41, 5.74) is 1.93. The summed E-state index contributed by atoms with van der Waals surface area (Å²) in [7, 11) is 1.47. The Morgan fingerprint density at radius 2 is 1.87 bits per heavy atom. The number of allylic oxidation sites excluding steroid dienone is 1. The zero-order valence-corrected chi connectivity index (χ0v) is 27.0. The van der Waals surface area contributed by atoms with E-state index in [9.17, 15) is 14.0 Å². The Balaban J connectivity index is 1.61. The Labute approximate surface area is 268 Å². The quantitative estimate of drug-likeness (QED) is 0.197. The van der Waals surface area contributed by atoms with Crippen molar-refractivity contribution in [2.24, 2.45) is 4.99 Å². The molecule has 0 saturated carbocycles. The van der Waals surface area contributed by atoms with Gasteiger partial charge in [0, 0.05) is 11.1 Å². The van der Waals surface area contributed by atoms with Crippen LogP contribution in [0.5, 0.6) is 17.2 Å². The number of hydrogen-bond donors (Lipinski definition) is 0. The number of fused-ring (bicyclic) bond motifs is 1. The van der Waals surface area contributed by atoms with Crippen LogP contribution in [0.1, 0.15) is 50.4 Å². The average molecular weight is 651 g/mol. The van der Waals surface area contributed by atoms with Gasteiger partial charge >= 0.3 is 5.97 Å². The molecule has 1 aliphatic rings. The summed E-state index contributed by atoms with van der Waals surface area (Å²) in [5.74, 6) is 0.164. The highest BCUT2D eigenvalue weighted by Crippen LogP contribution is 2.38. The first-order chi connectivity index (χ1) is 21.6. The fraction of sp³-hybridized carbons (Fsp3) is 0.265. The number of ether oxygens (including phenoxy) is 4. The van der Waals surface area contributed by atoms with E-state index in [0.29, 0.717) is 43.2 Å². The van der Waals surface area contributed by atoms with Gasteiger partial charge in [0.15, 0.2) is 16.3 Å². The van der Waals surface area contributed by atoms with E-state index in [1.807, 2.05) is 38.1 Å². The molecule has 0 spiro atoms. The maximum absolute atomic E-state index is 14.1. The molecular formula is C34H32ClFN2O6S. The van der Waals surface area contributed by atoms with E-state index >= 15 is 0 Å². The van der Waals surface area contributed by atoms with Gasteiger partial charge in [0.25, 0.3) is 5.56 Å². The number of nitrogens with zero attached hydrogens (tertiary/aromatic N) is 2. The fourth-order valence-electron chi connectivity index (χ4n) is 5.03. The van der Waals surface area contributed by atoms with Gasteiger partial charge in [-0.25, -0.2) is 14.2 Å². The smallest absolute Gasteiger partial charge is 0.338 e. The number of benzene rings is 3. The Bertz CT molecular complexity index is 1970. The SMILES string of the molecule is CCOC(=O)C1=C(C)N=c2s/c(=C/c3cc(Cl)c(OCc4ccccc4F)c(OC)c3)c(=O)n2[C@H]1c1ccccc1OC(C)C. The number of esters is 1. The van der Waals surface area contributed by atoms with Crippen LogP contribution in [0.3, 0.4) is 0 Å². The minimum Gasteiger partial charge on any atom is -0.493 e. The second-order valence-corrected chi connectivity index (χ2v) is 11.8. The number of halogens is 2. The molecule has 0 bridgehead atoms. The van der Waals surface area contributed by atoms with E-state index < -0.39 is 17.8 Å². The van der Waals surface area contributed by atoms with Crippen molar-refractivity contribution in [1.29, 1.82) is 0 Å². The molecule has 0 fully saturated rings. The van der Waals surface area contributed by atoms with Crippen LogP contribution in [0.25, 0.3) is 6.08 Å². The van der Waals surface area contributed by atoms with Crippen LogP contribution in [0.4, 0.5) is 4.39 Å². The van der Waals surface area contributed by atoms with Gasteiger partial charge in [0.05, 0.1) is 40.6 Å². The van der Waals surface area contributed by atoms with Crippen LogP contribution >= 0.6 is 22.9 Å². The number of para-hydroxylation sites is 1. The summed E-state index contributed by atoms with van der Waals surface area (Å²) in [6.45, 7) is 7.39. The lowest BCUT2D eigenvalue weighted by molar-refractivity contribution is -0.139. The van der Waals surface area contributed by atoms with E-state index in [1.165, 1.54) is 29.1 Å². The first kappa shape index (κ1) is 32.0. The molecule has 0 aliphatic carbocycles. The molecule has 5 rings (SSSR count). The molecule has 11 heteroatoms. The molecule has 234 valence electrons. The lowest BCUT2D eigenvalue weighted by atomic mass is 9.95. The molecule has 0 saturated heterocycles. The van der Waals surface area contributed by atoms with E-state index in [0.717, 1.165) is 0 Å². The number of hydrogen-bond acceptors (Lipinski definition) is 8. The fourth-order valence-corrected chi connectivity index (χ4v) is 6.35. The van der Waals surface area contributed by atoms with Gasteiger partial charge in [-0.2, -0.15) is 0 Å². The molecule has 1 aromatic heterocycles. The average Bonchev–Trinajstić information content (AvgIpc) is 3.30. The minimum absolute atomic E-state index is 0.0507. The summed E-state index contributed by atoms with van der Waals surface area (Å²) in [4.78, 5) is 32.5. The highest BCUT2D eigenvalue weighted by atomic mass is 35.5. The molecule has 1 aliphatic heterocycles. The predicted octanol–water partition coefficient (Wildman–Crippen LogP) is 5.97. The maximum Gasteiger partial charge on any atom is 0.338 e. The molecule has 45 heavy (non-hydrogen) atoms. The largest absolute Gasteiger partial charge is 0.493 e. The standard InChI is InChI=1S/C34H32ClFN2O6S/c1-6-42-33(40)29-20(4)37-34-38(30(29)23-12-8-10-14-26(23)44-19(2)3)32(39)28(45-34)17-21-15-24(35)31(27(16-21)41-5)43-18-22-11-7-9-13-25(22)36/h7-17,19,30H,6,18H2,1-5H3/b28-17+/t30-/m0/s1. The van der Waals surface area contributed by atoms with Crippen LogP contribution in [0, 0.1) is 5.82 Å². The van der Waals surface area contributed by atoms with Crippen molar-refractivity contribution in [2.75, 3.05) is 13.7 Å². The zero-order valence-electron chi connectivity index (χ0n) is 25.4. The van der Waals surface area contributed by atoms with Crippen molar-refractivity contribution in [1.82, 2.24) is 4.57 Å². The lowest BCUT2D eigenvalue weighted by Gasteiger charge is -2.26. The summed E-state index contributed by atoms with van der Waals surface area (Å²) in [6.07, 6.45) is 1.53. The second-order valence-electron chi connectivity index (χ2n) is 10.4. The third-order valence-corrected chi connectivity index (χ3v) is 8.24. The topological polar surface area (TPSA) is 88.4 Å². The molecule has 0 amide bonds. The predicted molar refractivity (Wildman–Crippen MR) is 171 cm³/mol. The Hall–Kier alpha value is -4.41. The van der Waals surface area contributed by atoms with Gasteiger partial charge in [-0.3, -0.25) is 9.36 Å². The third kappa shape index (κ3) is 6.67. The van der Waals surface area contributed by atoms with Gasteiger partial charge < -0.3 is 18.9 Å². The highest BCUT2D eigenvalue weighted by Gasteiger charge is 2.35. The van der Waals surface area contributed by atoms with Gasteiger partial charge in [0.2, 0.25) is 0 Å². The summed E-state index contributed by atoms with van der Waals surface area (Å²) < 4.78 is 38.9. The molecular weight excluding hydrogens is 619 g/mol. The summed E-state index contributed by atoms with van der Waals surface area (Å²) in [6, 6.07) is 16.1. The molecule has 0 unspecified atom stereocenters. The van der Waals surface area contributed by atoms with Crippen molar-refractivity contribution in [3.05, 3.63) is 119 Å². The van der Waals surface area contributed by atoms with E-state index in [1.54, 1.807) is 50.3 Å². The van der Waals surface area contributed by atoms with Crippen molar-refractivity contribution in [3.8, 4) is 17.2 Å². The molecule has 3 aromatic carbocycles. The summed E-state index contributed by atoms with van der Waals surface area (Å²) in [5, 5.41) is 0.225. The number of aromatic nitrogens is 1. The number of rotatable bonds is 10. The molecule has 0 radical (unpaired) electrons. The zero-order chi connectivity index (χ0) is 32.2. The number of carbonyl (C=O) groups excluding carboxylic acids is 1. The third-order valence-electron chi connectivity index (χ3n) is 6.97. The second kappa shape index (κ2) is 13.7. The molecule has 0 N–H and O–H groups in total. The van der Waals surface area contributed by atoms with Crippen molar-refractivity contribution in [3.63, 3.8) is 0 Å². The molecule has 2 heterocycles. The van der Waals surface area contributed by atoms with Gasteiger partial charge in [-0.1, -0.05) is 59.3 Å². The van der Waals surface area contributed by atoms with Crippen molar-refractivity contribution >= 4 is 35.0 Å². The Kier molecular flexibility index (Phi) is 9.74. The van der Waals surface area contributed by atoms with E-state index in [4.69, 9.17) is 30.5 Å². The van der Waals surface area contributed by atoms with E-state index in [-0.39, 0.29) is 41.2 Å². The number of thiazole rings is 1. The van der Waals surface area contributed by atoms with Gasteiger partial charge in [-0.05, 0) is 63.6 Å². The van der Waals surface area contributed by atoms with Gasteiger partial charge in [0.1, 0.15) is 24.2 Å².